The predicted molar refractivity (Wildman–Crippen MR) is 124 cm³/mol. The van der Waals surface area contributed by atoms with Crippen LogP contribution in [0.2, 0.25) is 0 Å². The van der Waals surface area contributed by atoms with Gasteiger partial charge in [0.1, 0.15) is 5.75 Å². The minimum absolute atomic E-state index is 0. The molecule has 0 aliphatic rings. The highest BCUT2D eigenvalue weighted by Crippen LogP contribution is 2.27. The largest absolute Gasteiger partial charge is 0.493 e. The summed E-state index contributed by atoms with van der Waals surface area (Å²) in [7, 11) is 3.26. The van der Waals surface area contributed by atoms with Crippen LogP contribution >= 0.6 is 24.0 Å². The first kappa shape index (κ1) is 23.9. The molecule has 0 aliphatic carbocycles. The lowest BCUT2D eigenvalue weighted by atomic mass is 10.1. The van der Waals surface area contributed by atoms with Crippen LogP contribution in [0.25, 0.3) is 0 Å². The Kier molecular flexibility index (Phi) is 11.2. The number of methoxy groups -OCH3 is 2. The summed E-state index contributed by atoms with van der Waals surface area (Å²) >= 11 is 0. The summed E-state index contributed by atoms with van der Waals surface area (Å²) < 4.78 is 16.3. The Morgan fingerprint density at radius 1 is 1.04 bits per heavy atom. The van der Waals surface area contributed by atoms with E-state index in [0.717, 1.165) is 41.2 Å². The number of halogens is 1. The third-order valence-corrected chi connectivity index (χ3v) is 4.10. The van der Waals surface area contributed by atoms with Crippen LogP contribution in [0.15, 0.2) is 47.5 Å². The van der Waals surface area contributed by atoms with Crippen molar-refractivity contribution in [2.24, 2.45) is 10.7 Å². The van der Waals surface area contributed by atoms with Crippen LogP contribution in [-0.4, -0.2) is 39.9 Å². The van der Waals surface area contributed by atoms with E-state index in [4.69, 9.17) is 19.9 Å². The van der Waals surface area contributed by atoms with Crippen LogP contribution < -0.4 is 25.3 Å². The number of hydrogen-bond donors (Lipinski definition) is 2. The van der Waals surface area contributed by atoms with Crippen molar-refractivity contribution >= 4 is 29.9 Å². The van der Waals surface area contributed by atoms with Crippen LogP contribution in [0.1, 0.15) is 17.5 Å². The smallest absolute Gasteiger partial charge is 0.188 e. The maximum absolute atomic E-state index is 5.91. The summed E-state index contributed by atoms with van der Waals surface area (Å²) in [5, 5.41) is 3.13. The molecule has 0 amide bonds. The molecule has 0 saturated carbocycles. The van der Waals surface area contributed by atoms with Gasteiger partial charge >= 0.3 is 0 Å². The quantitative estimate of drug-likeness (QED) is 0.226. The molecule has 0 radical (unpaired) electrons. The van der Waals surface area contributed by atoms with E-state index in [1.807, 2.05) is 49.4 Å². The van der Waals surface area contributed by atoms with Gasteiger partial charge in [-0.25, -0.2) is 0 Å². The van der Waals surface area contributed by atoms with Crippen LogP contribution in [0.5, 0.6) is 17.2 Å². The Morgan fingerprint density at radius 2 is 1.79 bits per heavy atom. The molecule has 2 rings (SSSR count). The number of ether oxygens (including phenoxy) is 3. The van der Waals surface area contributed by atoms with E-state index >= 15 is 0 Å². The fourth-order valence-electron chi connectivity index (χ4n) is 2.59. The highest BCUT2D eigenvalue weighted by Gasteiger charge is 2.04. The number of hydrogen-bond acceptors (Lipinski definition) is 4. The van der Waals surface area contributed by atoms with E-state index in [0.29, 0.717) is 25.7 Å². The number of para-hydroxylation sites is 1. The summed E-state index contributed by atoms with van der Waals surface area (Å²) in [5.41, 5.74) is 8.19. The Labute approximate surface area is 184 Å². The summed E-state index contributed by atoms with van der Waals surface area (Å²) in [6.45, 7) is 3.98. The van der Waals surface area contributed by atoms with Crippen molar-refractivity contribution in [3.05, 3.63) is 53.6 Å². The molecule has 0 heterocycles. The molecule has 28 heavy (non-hydrogen) atoms. The molecule has 3 N–H and O–H groups in total. The molecule has 0 aromatic heterocycles. The first-order chi connectivity index (χ1) is 13.1. The average molecular weight is 499 g/mol. The van der Waals surface area contributed by atoms with Gasteiger partial charge < -0.3 is 25.3 Å². The number of aryl methyl sites for hydroxylation is 1. The van der Waals surface area contributed by atoms with Crippen molar-refractivity contribution in [2.45, 2.75) is 19.8 Å². The van der Waals surface area contributed by atoms with Crippen molar-refractivity contribution in [1.29, 1.82) is 0 Å². The summed E-state index contributed by atoms with van der Waals surface area (Å²) in [6, 6.07) is 13.9. The van der Waals surface area contributed by atoms with Crippen molar-refractivity contribution < 1.29 is 14.2 Å². The van der Waals surface area contributed by atoms with E-state index in [1.54, 1.807) is 14.2 Å². The average Bonchev–Trinajstić information content (AvgIpc) is 2.69. The number of nitrogens with one attached hydrogen (secondary N) is 1. The van der Waals surface area contributed by atoms with E-state index in [9.17, 15) is 0 Å². The number of aliphatic imine (C=N–C) groups is 1. The molecule has 6 nitrogen and oxygen atoms in total. The Hall–Kier alpha value is -2.16. The molecule has 0 bridgehead atoms. The second-order valence-electron chi connectivity index (χ2n) is 6.10. The highest BCUT2D eigenvalue weighted by molar-refractivity contribution is 14.0. The van der Waals surface area contributed by atoms with Crippen molar-refractivity contribution in [2.75, 3.05) is 33.9 Å². The third-order valence-electron chi connectivity index (χ3n) is 4.10. The van der Waals surface area contributed by atoms with Crippen LogP contribution in [0.4, 0.5) is 0 Å². The monoisotopic (exact) mass is 499 g/mol. The minimum atomic E-state index is 0. The molecule has 2 aromatic rings. The predicted octanol–water partition coefficient (Wildman–Crippen LogP) is 3.55. The van der Waals surface area contributed by atoms with Gasteiger partial charge in [0.25, 0.3) is 0 Å². The van der Waals surface area contributed by atoms with Gasteiger partial charge in [-0.3, -0.25) is 4.99 Å². The minimum Gasteiger partial charge on any atom is -0.493 e. The topological polar surface area (TPSA) is 78.1 Å². The molecule has 2 aromatic carbocycles. The van der Waals surface area contributed by atoms with Gasteiger partial charge in [0.2, 0.25) is 0 Å². The van der Waals surface area contributed by atoms with E-state index in [2.05, 4.69) is 10.3 Å². The lowest BCUT2D eigenvalue weighted by molar-refractivity contribution is 0.311. The van der Waals surface area contributed by atoms with Gasteiger partial charge in [-0.05, 0) is 42.7 Å². The zero-order valence-corrected chi connectivity index (χ0v) is 19.1. The lowest BCUT2D eigenvalue weighted by Gasteiger charge is -2.10. The molecule has 0 unspecified atom stereocenters. The molecule has 0 saturated heterocycles. The standard InChI is InChI=1S/C21H29N3O3.HI/c1-16-7-4-5-8-18(16)27-14-6-12-23-21(22)24-13-11-17-9-10-19(25-2)20(15-17)26-3;/h4-5,7-10,15H,6,11-14H2,1-3H3,(H3,22,23,24);1H. The maximum atomic E-state index is 5.91. The molecule has 0 atom stereocenters. The van der Waals surface area contributed by atoms with Gasteiger partial charge in [0.15, 0.2) is 17.5 Å². The number of nitrogens with two attached hydrogens (primary N) is 1. The van der Waals surface area contributed by atoms with Crippen LogP contribution in [0, 0.1) is 6.92 Å². The van der Waals surface area contributed by atoms with Gasteiger partial charge in [0, 0.05) is 19.5 Å². The molecular formula is C21H30IN3O3. The number of guanidine groups is 1. The number of rotatable bonds is 10. The molecule has 0 fully saturated rings. The first-order valence-corrected chi connectivity index (χ1v) is 9.07. The Balaban J connectivity index is 0.00000392. The first-order valence-electron chi connectivity index (χ1n) is 9.07. The number of nitrogens with zero attached hydrogens (tertiary/aromatic N) is 1. The van der Waals surface area contributed by atoms with E-state index in [-0.39, 0.29) is 24.0 Å². The molecule has 0 spiro atoms. The van der Waals surface area contributed by atoms with Crippen LogP contribution in [-0.2, 0) is 6.42 Å². The molecule has 154 valence electrons. The second kappa shape index (κ2) is 13.1. The van der Waals surface area contributed by atoms with Gasteiger partial charge in [-0.15, -0.1) is 24.0 Å². The van der Waals surface area contributed by atoms with Crippen molar-refractivity contribution in [1.82, 2.24) is 5.32 Å². The molecule has 7 heteroatoms. The SMILES string of the molecule is COc1ccc(CCNC(N)=NCCCOc2ccccc2C)cc1OC.I. The summed E-state index contributed by atoms with van der Waals surface area (Å²) in [6.07, 6.45) is 1.62. The zero-order chi connectivity index (χ0) is 19.5. The fourth-order valence-corrected chi connectivity index (χ4v) is 2.59. The number of benzene rings is 2. The third kappa shape index (κ3) is 7.84. The van der Waals surface area contributed by atoms with Gasteiger partial charge in [-0.2, -0.15) is 0 Å². The Bertz CT molecular complexity index is 753. The van der Waals surface area contributed by atoms with E-state index < -0.39 is 0 Å². The molecular weight excluding hydrogens is 469 g/mol. The van der Waals surface area contributed by atoms with Gasteiger partial charge in [0.05, 0.1) is 20.8 Å². The molecule has 0 aliphatic heterocycles. The normalized spacial score (nSPS) is 10.8. The Morgan fingerprint density at radius 3 is 2.50 bits per heavy atom. The maximum Gasteiger partial charge on any atom is 0.188 e. The zero-order valence-electron chi connectivity index (χ0n) is 16.7. The lowest BCUT2D eigenvalue weighted by Crippen LogP contribution is -2.33. The highest BCUT2D eigenvalue weighted by atomic mass is 127. The van der Waals surface area contributed by atoms with E-state index in [1.165, 1.54) is 0 Å². The second-order valence-corrected chi connectivity index (χ2v) is 6.10. The summed E-state index contributed by atoms with van der Waals surface area (Å²) in [4.78, 5) is 4.33. The van der Waals surface area contributed by atoms with Gasteiger partial charge in [-0.1, -0.05) is 24.3 Å². The van der Waals surface area contributed by atoms with Crippen LogP contribution in [0.3, 0.4) is 0 Å². The summed E-state index contributed by atoms with van der Waals surface area (Å²) in [5.74, 6) is 2.82. The van der Waals surface area contributed by atoms with Crippen molar-refractivity contribution in [3.63, 3.8) is 0 Å². The fraction of sp³-hybridized carbons (Fsp3) is 0.381. The van der Waals surface area contributed by atoms with Crippen molar-refractivity contribution in [3.8, 4) is 17.2 Å².